The van der Waals surface area contributed by atoms with Crippen LogP contribution < -0.4 is 4.74 Å². The molecule has 19 heavy (non-hydrogen) atoms. The van der Waals surface area contributed by atoms with Crippen molar-refractivity contribution in [3.63, 3.8) is 0 Å². The number of para-hydroxylation sites is 1. The summed E-state index contributed by atoms with van der Waals surface area (Å²) in [6.45, 7) is 1.71. The zero-order valence-corrected chi connectivity index (χ0v) is 10.5. The van der Waals surface area contributed by atoms with Gasteiger partial charge in [-0.15, -0.1) is 0 Å². The van der Waals surface area contributed by atoms with Gasteiger partial charge in [0.05, 0.1) is 5.57 Å². The first-order chi connectivity index (χ1) is 9.20. The lowest BCUT2D eigenvalue weighted by Crippen LogP contribution is -1.99. The molecule has 0 spiro atoms. The van der Waals surface area contributed by atoms with Gasteiger partial charge in [0.25, 0.3) is 0 Å². The van der Waals surface area contributed by atoms with Gasteiger partial charge in [0.2, 0.25) is 0 Å². The molecule has 0 saturated heterocycles. The molecular formula is C16H14O3. The van der Waals surface area contributed by atoms with Gasteiger partial charge >= 0.3 is 5.97 Å². The average molecular weight is 254 g/mol. The molecule has 0 radical (unpaired) electrons. The number of aliphatic carboxylic acids is 1. The predicted molar refractivity (Wildman–Crippen MR) is 74.2 cm³/mol. The highest BCUT2D eigenvalue weighted by Crippen LogP contribution is 2.23. The normalized spacial score (nSPS) is 11.1. The molecule has 2 aromatic rings. The third kappa shape index (κ3) is 3.22. The van der Waals surface area contributed by atoms with Crippen LogP contribution in [0.5, 0.6) is 11.5 Å². The SMILES string of the molecule is CC=C(C(=O)O)c1ccc(Oc2ccccc2)cc1. The number of rotatable bonds is 4. The van der Waals surface area contributed by atoms with E-state index in [9.17, 15) is 4.79 Å². The van der Waals surface area contributed by atoms with Crippen molar-refractivity contribution in [2.24, 2.45) is 0 Å². The molecule has 3 heteroatoms. The van der Waals surface area contributed by atoms with Gasteiger partial charge in [0.1, 0.15) is 11.5 Å². The van der Waals surface area contributed by atoms with Crippen molar-refractivity contribution in [1.29, 1.82) is 0 Å². The van der Waals surface area contributed by atoms with Gasteiger partial charge in [-0.3, -0.25) is 0 Å². The molecule has 0 atom stereocenters. The highest BCUT2D eigenvalue weighted by Gasteiger charge is 2.08. The minimum atomic E-state index is -0.931. The van der Waals surface area contributed by atoms with Crippen LogP contribution in [0.25, 0.3) is 5.57 Å². The molecule has 0 heterocycles. The summed E-state index contributed by atoms with van der Waals surface area (Å²) in [7, 11) is 0. The molecule has 2 rings (SSSR count). The Morgan fingerprint density at radius 1 is 1.00 bits per heavy atom. The summed E-state index contributed by atoms with van der Waals surface area (Å²) >= 11 is 0. The molecule has 0 aliphatic heterocycles. The summed E-state index contributed by atoms with van der Waals surface area (Å²) in [6.07, 6.45) is 1.58. The summed E-state index contributed by atoms with van der Waals surface area (Å²) in [6, 6.07) is 16.4. The van der Waals surface area contributed by atoms with Gasteiger partial charge in [-0.05, 0) is 36.8 Å². The Bertz CT molecular complexity index is 583. The van der Waals surface area contributed by atoms with E-state index in [1.807, 2.05) is 30.3 Å². The maximum Gasteiger partial charge on any atom is 0.335 e. The molecule has 2 aromatic carbocycles. The number of carbonyl (C=O) groups is 1. The number of carboxylic acids is 1. The molecule has 1 N–H and O–H groups in total. The summed E-state index contributed by atoms with van der Waals surface area (Å²) in [5.41, 5.74) is 0.946. The van der Waals surface area contributed by atoms with Crippen LogP contribution in [0, 0.1) is 0 Å². The number of ether oxygens (including phenoxy) is 1. The predicted octanol–water partition coefficient (Wildman–Crippen LogP) is 3.97. The number of carboxylic acid groups (broad SMARTS) is 1. The third-order valence-electron chi connectivity index (χ3n) is 2.66. The Morgan fingerprint density at radius 2 is 1.58 bits per heavy atom. The molecule has 0 aliphatic rings. The van der Waals surface area contributed by atoms with E-state index >= 15 is 0 Å². The number of hydrogen-bond donors (Lipinski definition) is 1. The highest BCUT2D eigenvalue weighted by atomic mass is 16.5. The summed E-state index contributed by atoms with van der Waals surface area (Å²) in [5.74, 6) is 0.495. The van der Waals surface area contributed by atoms with Crippen molar-refractivity contribution in [2.45, 2.75) is 6.92 Å². The van der Waals surface area contributed by atoms with E-state index in [2.05, 4.69) is 0 Å². The number of allylic oxidation sites excluding steroid dienone is 1. The van der Waals surface area contributed by atoms with Crippen molar-refractivity contribution >= 4 is 11.5 Å². The molecule has 0 aliphatic carbocycles. The van der Waals surface area contributed by atoms with Gasteiger partial charge in [-0.25, -0.2) is 4.79 Å². The summed E-state index contributed by atoms with van der Waals surface area (Å²) in [4.78, 5) is 11.0. The average Bonchev–Trinajstić information content (AvgIpc) is 2.42. The van der Waals surface area contributed by atoms with Crippen LogP contribution in [-0.4, -0.2) is 11.1 Å². The smallest absolute Gasteiger partial charge is 0.335 e. The fraction of sp³-hybridized carbons (Fsp3) is 0.0625. The lowest BCUT2D eigenvalue weighted by molar-refractivity contribution is -0.130. The van der Waals surface area contributed by atoms with Gasteiger partial charge in [0, 0.05) is 0 Å². The summed E-state index contributed by atoms with van der Waals surface area (Å²) in [5, 5.41) is 9.03. The molecule has 0 fully saturated rings. The zero-order chi connectivity index (χ0) is 13.7. The van der Waals surface area contributed by atoms with E-state index in [-0.39, 0.29) is 5.57 Å². The van der Waals surface area contributed by atoms with Crippen LogP contribution in [-0.2, 0) is 4.79 Å². The second kappa shape index (κ2) is 5.87. The fourth-order valence-corrected chi connectivity index (χ4v) is 1.74. The third-order valence-corrected chi connectivity index (χ3v) is 2.66. The minimum absolute atomic E-state index is 0.284. The maximum atomic E-state index is 11.0. The topological polar surface area (TPSA) is 46.5 Å². The fourth-order valence-electron chi connectivity index (χ4n) is 1.74. The van der Waals surface area contributed by atoms with E-state index in [0.717, 1.165) is 5.75 Å². The molecule has 0 unspecified atom stereocenters. The second-order valence-electron chi connectivity index (χ2n) is 3.95. The van der Waals surface area contributed by atoms with Gasteiger partial charge in [-0.2, -0.15) is 0 Å². The van der Waals surface area contributed by atoms with Gasteiger partial charge in [0.15, 0.2) is 0 Å². The quantitative estimate of drug-likeness (QED) is 0.840. The van der Waals surface area contributed by atoms with Crippen molar-refractivity contribution in [1.82, 2.24) is 0 Å². The molecular weight excluding hydrogens is 240 g/mol. The Kier molecular flexibility index (Phi) is 3.98. The van der Waals surface area contributed by atoms with E-state index in [0.29, 0.717) is 11.3 Å². The van der Waals surface area contributed by atoms with Crippen molar-refractivity contribution < 1.29 is 14.6 Å². The Hall–Kier alpha value is -2.55. The first-order valence-electron chi connectivity index (χ1n) is 5.93. The highest BCUT2D eigenvalue weighted by molar-refractivity contribution is 6.15. The lowest BCUT2D eigenvalue weighted by Gasteiger charge is -2.07. The van der Waals surface area contributed by atoms with Crippen LogP contribution in [0.15, 0.2) is 60.7 Å². The van der Waals surface area contributed by atoms with Crippen molar-refractivity contribution in [2.75, 3.05) is 0 Å². The summed E-state index contributed by atoms with van der Waals surface area (Å²) < 4.78 is 5.64. The number of hydrogen-bond acceptors (Lipinski definition) is 2. The van der Waals surface area contributed by atoms with Crippen molar-refractivity contribution in [3.8, 4) is 11.5 Å². The van der Waals surface area contributed by atoms with Crippen LogP contribution in [0.2, 0.25) is 0 Å². The monoisotopic (exact) mass is 254 g/mol. The maximum absolute atomic E-state index is 11.0. The largest absolute Gasteiger partial charge is 0.478 e. The van der Waals surface area contributed by atoms with Crippen LogP contribution in [0.4, 0.5) is 0 Å². The van der Waals surface area contributed by atoms with Gasteiger partial charge in [-0.1, -0.05) is 36.4 Å². The van der Waals surface area contributed by atoms with E-state index in [4.69, 9.17) is 9.84 Å². The first-order valence-corrected chi connectivity index (χ1v) is 5.93. The zero-order valence-electron chi connectivity index (χ0n) is 10.5. The molecule has 3 nitrogen and oxygen atoms in total. The van der Waals surface area contributed by atoms with Crippen LogP contribution >= 0.6 is 0 Å². The van der Waals surface area contributed by atoms with Crippen molar-refractivity contribution in [3.05, 3.63) is 66.2 Å². The minimum Gasteiger partial charge on any atom is -0.478 e. The molecule has 0 bridgehead atoms. The van der Waals surface area contributed by atoms with Gasteiger partial charge < -0.3 is 9.84 Å². The lowest BCUT2D eigenvalue weighted by atomic mass is 10.1. The Balaban J connectivity index is 2.17. The second-order valence-corrected chi connectivity index (χ2v) is 3.95. The van der Waals surface area contributed by atoms with Crippen LogP contribution in [0.1, 0.15) is 12.5 Å². The standard InChI is InChI=1S/C16H14O3/c1-2-15(16(17)18)12-8-10-14(11-9-12)19-13-6-4-3-5-7-13/h2-11H,1H3,(H,17,18). The van der Waals surface area contributed by atoms with E-state index < -0.39 is 5.97 Å². The Morgan fingerprint density at radius 3 is 2.11 bits per heavy atom. The molecule has 96 valence electrons. The number of benzene rings is 2. The molecule has 0 saturated carbocycles. The molecule has 0 aromatic heterocycles. The molecule has 0 amide bonds. The van der Waals surface area contributed by atoms with E-state index in [1.165, 1.54) is 0 Å². The Labute approximate surface area is 111 Å². The first kappa shape index (κ1) is 12.9. The van der Waals surface area contributed by atoms with E-state index in [1.54, 1.807) is 37.3 Å². The van der Waals surface area contributed by atoms with Crippen LogP contribution in [0.3, 0.4) is 0 Å².